The standard InChI is InChI=1S/C21H31F/c22-16-4-5-17-8-10-19(11-9-17)21-14-12-20(13-15-21)18-6-2-1-3-7-18/h1-3,6-7,17,19-21H,4-5,8-16H2. The van der Waals surface area contributed by atoms with Crippen molar-refractivity contribution in [1.29, 1.82) is 0 Å². The van der Waals surface area contributed by atoms with Gasteiger partial charge in [0, 0.05) is 0 Å². The SMILES string of the molecule is FCCCC1CCC(C2CCC(c3ccccc3)CC2)CC1. The van der Waals surface area contributed by atoms with E-state index < -0.39 is 0 Å². The molecule has 0 amide bonds. The Labute approximate surface area is 135 Å². The molecule has 0 heterocycles. The highest BCUT2D eigenvalue weighted by atomic mass is 19.1. The molecule has 1 aromatic carbocycles. The summed E-state index contributed by atoms with van der Waals surface area (Å²) in [5.41, 5.74) is 1.55. The van der Waals surface area contributed by atoms with E-state index >= 15 is 0 Å². The normalized spacial score (nSPS) is 32.8. The molecular weight excluding hydrogens is 271 g/mol. The Morgan fingerprint density at radius 3 is 1.95 bits per heavy atom. The summed E-state index contributed by atoms with van der Waals surface area (Å²) in [5.74, 6) is 3.58. The number of halogens is 1. The van der Waals surface area contributed by atoms with Crippen molar-refractivity contribution in [1.82, 2.24) is 0 Å². The van der Waals surface area contributed by atoms with E-state index in [1.165, 1.54) is 51.4 Å². The van der Waals surface area contributed by atoms with Crippen molar-refractivity contribution in [2.24, 2.45) is 17.8 Å². The third-order valence-electron chi connectivity index (χ3n) is 6.35. The maximum absolute atomic E-state index is 12.3. The topological polar surface area (TPSA) is 0 Å². The molecule has 0 atom stereocenters. The van der Waals surface area contributed by atoms with Crippen molar-refractivity contribution in [3.05, 3.63) is 35.9 Å². The first-order valence-corrected chi connectivity index (χ1v) is 9.47. The fraction of sp³-hybridized carbons (Fsp3) is 0.714. The van der Waals surface area contributed by atoms with E-state index in [9.17, 15) is 4.39 Å². The van der Waals surface area contributed by atoms with Crippen LogP contribution in [0, 0.1) is 17.8 Å². The van der Waals surface area contributed by atoms with Crippen molar-refractivity contribution in [2.45, 2.75) is 70.1 Å². The smallest absolute Gasteiger partial charge is 0.0894 e. The number of alkyl halides is 1. The summed E-state index contributed by atoms with van der Waals surface area (Å²) >= 11 is 0. The van der Waals surface area contributed by atoms with Gasteiger partial charge in [0.2, 0.25) is 0 Å². The van der Waals surface area contributed by atoms with Gasteiger partial charge in [0.1, 0.15) is 0 Å². The fourth-order valence-corrected chi connectivity index (χ4v) is 4.96. The molecule has 1 heteroatoms. The van der Waals surface area contributed by atoms with Crippen LogP contribution in [0.1, 0.15) is 75.7 Å². The van der Waals surface area contributed by atoms with Crippen molar-refractivity contribution in [3.8, 4) is 0 Å². The molecular formula is C21H31F. The number of benzene rings is 1. The number of hydrogen-bond acceptors (Lipinski definition) is 0. The van der Waals surface area contributed by atoms with E-state index in [0.717, 1.165) is 36.5 Å². The van der Waals surface area contributed by atoms with E-state index in [4.69, 9.17) is 0 Å². The van der Waals surface area contributed by atoms with Crippen LogP contribution < -0.4 is 0 Å². The molecule has 0 spiro atoms. The predicted octanol–water partition coefficient (Wildman–Crippen LogP) is 6.52. The van der Waals surface area contributed by atoms with E-state index in [1.807, 2.05) is 0 Å². The Morgan fingerprint density at radius 1 is 0.773 bits per heavy atom. The fourth-order valence-electron chi connectivity index (χ4n) is 4.96. The Hall–Kier alpha value is -0.850. The minimum absolute atomic E-state index is 0.122. The van der Waals surface area contributed by atoms with Crippen LogP contribution in [-0.4, -0.2) is 6.67 Å². The lowest BCUT2D eigenvalue weighted by Gasteiger charge is -2.38. The van der Waals surface area contributed by atoms with Gasteiger partial charge >= 0.3 is 0 Å². The van der Waals surface area contributed by atoms with Crippen LogP contribution in [0.4, 0.5) is 4.39 Å². The molecule has 3 rings (SSSR count). The maximum atomic E-state index is 12.3. The molecule has 0 saturated heterocycles. The van der Waals surface area contributed by atoms with Gasteiger partial charge in [-0.3, -0.25) is 4.39 Å². The van der Waals surface area contributed by atoms with E-state index in [-0.39, 0.29) is 6.67 Å². The first kappa shape index (κ1) is 16.0. The zero-order chi connectivity index (χ0) is 15.2. The molecule has 2 aliphatic carbocycles. The maximum Gasteiger partial charge on any atom is 0.0894 e. The highest BCUT2D eigenvalue weighted by Crippen LogP contribution is 2.44. The first-order chi connectivity index (χ1) is 10.9. The first-order valence-electron chi connectivity index (χ1n) is 9.47. The molecule has 0 aromatic heterocycles. The number of hydrogen-bond donors (Lipinski definition) is 0. The number of rotatable bonds is 5. The van der Waals surface area contributed by atoms with Crippen molar-refractivity contribution < 1.29 is 4.39 Å². The van der Waals surface area contributed by atoms with Gasteiger partial charge in [-0.2, -0.15) is 0 Å². The largest absolute Gasteiger partial charge is 0.251 e. The third-order valence-corrected chi connectivity index (χ3v) is 6.35. The predicted molar refractivity (Wildman–Crippen MR) is 91.8 cm³/mol. The lowest BCUT2D eigenvalue weighted by atomic mass is 9.68. The van der Waals surface area contributed by atoms with Gasteiger partial charge in [-0.1, -0.05) is 43.2 Å². The Balaban J connectivity index is 1.43. The molecule has 0 radical (unpaired) electrons. The molecule has 2 saturated carbocycles. The summed E-state index contributed by atoms with van der Waals surface area (Å²) in [6.07, 6.45) is 13.1. The molecule has 0 bridgehead atoms. The Morgan fingerprint density at radius 2 is 1.36 bits per heavy atom. The molecule has 2 aliphatic rings. The summed E-state index contributed by atoms with van der Waals surface area (Å²) in [6.45, 7) is -0.122. The zero-order valence-electron chi connectivity index (χ0n) is 13.9. The van der Waals surface area contributed by atoms with Crippen LogP contribution in [0.15, 0.2) is 30.3 Å². The summed E-state index contributed by atoms with van der Waals surface area (Å²) in [7, 11) is 0. The summed E-state index contributed by atoms with van der Waals surface area (Å²) in [5, 5.41) is 0. The quantitative estimate of drug-likeness (QED) is 0.581. The molecule has 22 heavy (non-hydrogen) atoms. The van der Waals surface area contributed by atoms with Crippen molar-refractivity contribution >= 4 is 0 Å². The minimum atomic E-state index is -0.122. The van der Waals surface area contributed by atoms with Crippen LogP contribution in [0.2, 0.25) is 0 Å². The summed E-state index contributed by atoms with van der Waals surface area (Å²) in [4.78, 5) is 0. The van der Waals surface area contributed by atoms with Crippen molar-refractivity contribution in [3.63, 3.8) is 0 Å². The van der Waals surface area contributed by atoms with Crippen molar-refractivity contribution in [2.75, 3.05) is 6.67 Å². The van der Waals surface area contributed by atoms with Crippen LogP contribution >= 0.6 is 0 Å². The van der Waals surface area contributed by atoms with Gasteiger partial charge in [-0.25, -0.2) is 0 Å². The molecule has 0 nitrogen and oxygen atoms in total. The summed E-state index contributed by atoms with van der Waals surface area (Å²) < 4.78 is 12.3. The average molecular weight is 302 g/mol. The molecule has 2 fully saturated rings. The van der Waals surface area contributed by atoms with Gasteiger partial charge in [0.25, 0.3) is 0 Å². The molecule has 0 unspecified atom stereocenters. The second-order valence-electron chi connectivity index (χ2n) is 7.63. The van der Waals surface area contributed by atoms with Crippen LogP contribution in [0.5, 0.6) is 0 Å². The van der Waals surface area contributed by atoms with E-state index in [1.54, 1.807) is 5.56 Å². The Bertz CT molecular complexity index is 411. The van der Waals surface area contributed by atoms with E-state index in [2.05, 4.69) is 30.3 Å². The third kappa shape index (κ3) is 4.12. The minimum Gasteiger partial charge on any atom is -0.251 e. The molecule has 0 N–H and O–H groups in total. The lowest BCUT2D eigenvalue weighted by molar-refractivity contribution is 0.155. The molecule has 122 valence electrons. The molecule has 0 aliphatic heterocycles. The second-order valence-corrected chi connectivity index (χ2v) is 7.63. The average Bonchev–Trinajstić information content (AvgIpc) is 2.61. The lowest BCUT2D eigenvalue weighted by Crippen LogP contribution is -2.25. The highest BCUT2D eigenvalue weighted by Gasteiger charge is 2.31. The van der Waals surface area contributed by atoms with Gasteiger partial charge in [0.05, 0.1) is 6.67 Å². The monoisotopic (exact) mass is 302 g/mol. The van der Waals surface area contributed by atoms with E-state index in [0.29, 0.717) is 0 Å². The van der Waals surface area contributed by atoms with Gasteiger partial charge in [0.15, 0.2) is 0 Å². The van der Waals surface area contributed by atoms with Crippen LogP contribution in [-0.2, 0) is 0 Å². The summed E-state index contributed by atoms with van der Waals surface area (Å²) in [6, 6.07) is 11.1. The second kappa shape index (κ2) is 8.13. The van der Waals surface area contributed by atoms with Gasteiger partial charge in [-0.05, 0) is 80.6 Å². The van der Waals surface area contributed by atoms with Gasteiger partial charge < -0.3 is 0 Å². The highest BCUT2D eigenvalue weighted by molar-refractivity contribution is 5.19. The zero-order valence-corrected chi connectivity index (χ0v) is 13.9. The Kier molecular flexibility index (Phi) is 5.92. The van der Waals surface area contributed by atoms with Crippen LogP contribution in [0.25, 0.3) is 0 Å². The van der Waals surface area contributed by atoms with Crippen LogP contribution in [0.3, 0.4) is 0 Å². The molecule has 1 aromatic rings. The van der Waals surface area contributed by atoms with Gasteiger partial charge in [-0.15, -0.1) is 0 Å².